The number of likely N-dealkylation sites (N-methyl/N-ethyl adjacent to an activating group) is 1. The first-order chi connectivity index (χ1) is 10.4. The fourth-order valence-corrected chi connectivity index (χ4v) is 2.58. The molecule has 2 nitrogen and oxygen atoms in total. The van der Waals surface area contributed by atoms with Crippen molar-refractivity contribution in [3.8, 4) is 0 Å². The van der Waals surface area contributed by atoms with Gasteiger partial charge in [-0.15, -0.1) is 0 Å². The van der Waals surface area contributed by atoms with Crippen molar-refractivity contribution in [2.45, 2.75) is 12.8 Å². The summed E-state index contributed by atoms with van der Waals surface area (Å²) in [5.41, 5.74) is 6.04. The fraction of sp³-hybridized carbons (Fsp3) is 0.211. The van der Waals surface area contributed by atoms with E-state index in [2.05, 4.69) is 59.9 Å². The molecule has 21 heavy (non-hydrogen) atoms. The Kier molecular flexibility index (Phi) is 4.27. The van der Waals surface area contributed by atoms with Crippen LogP contribution in [-0.4, -0.2) is 19.3 Å². The van der Waals surface area contributed by atoms with Gasteiger partial charge in [0.2, 0.25) is 0 Å². The lowest BCUT2D eigenvalue weighted by atomic mass is 10.1. The van der Waals surface area contributed by atoms with Gasteiger partial charge in [0.15, 0.2) is 0 Å². The highest BCUT2D eigenvalue weighted by molar-refractivity contribution is 6.07. The van der Waals surface area contributed by atoms with Crippen LogP contribution < -0.4 is 5.32 Å². The average Bonchev–Trinajstić information content (AvgIpc) is 3.04. The van der Waals surface area contributed by atoms with Gasteiger partial charge in [0.25, 0.3) is 0 Å². The van der Waals surface area contributed by atoms with Gasteiger partial charge >= 0.3 is 0 Å². The van der Waals surface area contributed by atoms with Gasteiger partial charge in [0.05, 0.1) is 11.4 Å². The monoisotopic (exact) mass is 276 g/mol. The van der Waals surface area contributed by atoms with Crippen molar-refractivity contribution < 1.29 is 0 Å². The summed E-state index contributed by atoms with van der Waals surface area (Å²) in [4.78, 5) is 4.81. The van der Waals surface area contributed by atoms with E-state index in [4.69, 9.17) is 4.99 Å². The first kappa shape index (κ1) is 13.8. The Bertz CT molecular complexity index is 669. The number of aliphatic imine (C=N–C) groups is 1. The summed E-state index contributed by atoms with van der Waals surface area (Å²) in [5, 5.41) is 3.19. The molecule has 0 radical (unpaired) electrons. The Balaban J connectivity index is 1.80. The molecule has 0 aromatic heterocycles. The molecule has 1 aliphatic heterocycles. The smallest absolute Gasteiger partial charge is 0.0669 e. The Morgan fingerprint density at radius 1 is 1.00 bits per heavy atom. The summed E-state index contributed by atoms with van der Waals surface area (Å²) in [6, 6.07) is 19.1. The molecular formula is C19H20N2. The summed E-state index contributed by atoms with van der Waals surface area (Å²) >= 11 is 0. The second-order valence-electron chi connectivity index (χ2n) is 5.27. The van der Waals surface area contributed by atoms with Crippen LogP contribution >= 0.6 is 0 Å². The van der Waals surface area contributed by atoms with Gasteiger partial charge in [0, 0.05) is 12.0 Å². The Morgan fingerprint density at radius 2 is 1.81 bits per heavy atom. The minimum atomic E-state index is 0.917. The molecule has 1 heterocycles. The van der Waals surface area contributed by atoms with E-state index in [-0.39, 0.29) is 0 Å². The zero-order valence-electron chi connectivity index (χ0n) is 12.3. The van der Waals surface area contributed by atoms with E-state index in [1.54, 1.807) is 0 Å². The third kappa shape index (κ3) is 3.29. The van der Waals surface area contributed by atoms with Crippen molar-refractivity contribution >= 4 is 11.4 Å². The number of nitrogens with one attached hydrogen (secondary N) is 1. The van der Waals surface area contributed by atoms with Gasteiger partial charge in [-0.1, -0.05) is 54.6 Å². The van der Waals surface area contributed by atoms with Crippen molar-refractivity contribution in [2.24, 2.45) is 4.99 Å². The van der Waals surface area contributed by atoms with Crippen LogP contribution in [0.25, 0.3) is 5.70 Å². The number of nitrogens with zero attached hydrogens (tertiary/aromatic N) is 1. The van der Waals surface area contributed by atoms with Crippen LogP contribution in [0.3, 0.4) is 0 Å². The van der Waals surface area contributed by atoms with Crippen LogP contribution in [0.4, 0.5) is 0 Å². The van der Waals surface area contributed by atoms with E-state index in [0.29, 0.717) is 0 Å². The number of hydrogen-bond acceptors (Lipinski definition) is 2. The molecule has 0 atom stereocenters. The number of hydrogen-bond donors (Lipinski definition) is 1. The van der Waals surface area contributed by atoms with Gasteiger partial charge < -0.3 is 5.32 Å². The molecule has 1 N–H and O–H groups in total. The van der Waals surface area contributed by atoms with Crippen molar-refractivity contribution in [3.05, 3.63) is 77.4 Å². The largest absolute Gasteiger partial charge is 0.319 e. The van der Waals surface area contributed by atoms with Gasteiger partial charge in [0.1, 0.15) is 0 Å². The molecule has 0 saturated carbocycles. The summed E-state index contributed by atoms with van der Waals surface area (Å²) in [5.74, 6) is 0. The first-order valence-electron chi connectivity index (χ1n) is 7.44. The van der Waals surface area contributed by atoms with Gasteiger partial charge in [-0.2, -0.15) is 0 Å². The predicted octanol–water partition coefficient (Wildman–Crippen LogP) is 3.68. The fourth-order valence-electron chi connectivity index (χ4n) is 2.58. The highest BCUT2D eigenvalue weighted by atomic mass is 14.8. The van der Waals surface area contributed by atoms with Crippen molar-refractivity contribution in [1.82, 2.24) is 5.32 Å². The Hall–Kier alpha value is -2.19. The normalized spacial score (nSPS) is 14.0. The SMILES string of the molecule is CNCCc1cccc(C2=CCC(c3ccccc3)=N2)c1. The highest BCUT2D eigenvalue weighted by Gasteiger charge is 2.12. The van der Waals surface area contributed by atoms with E-state index in [9.17, 15) is 0 Å². The van der Waals surface area contributed by atoms with Gasteiger partial charge in [-0.05, 0) is 37.2 Å². The molecule has 2 aromatic carbocycles. The molecule has 0 bridgehead atoms. The second kappa shape index (κ2) is 6.51. The topological polar surface area (TPSA) is 24.4 Å². The summed E-state index contributed by atoms with van der Waals surface area (Å²) in [7, 11) is 1.99. The second-order valence-corrected chi connectivity index (χ2v) is 5.27. The first-order valence-corrected chi connectivity index (χ1v) is 7.44. The predicted molar refractivity (Wildman–Crippen MR) is 89.6 cm³/mol. The highest BCUT2D eigenvalue weighted by Crippen LogP contribution is 2.25. The van der Waals surface area contributed by atoms with Crippen LogP contribution in [0, 0.1) is 0 Å². The van der Waals surface area contributed by atoms with E-state index in [1.807, 2.05) is 13.1 Å². The lowest BCUT2D eigenvalue weighted by molar-refractivity contribution is 0.791. The van der Waals surface area contributed by atoms with E-state index in [0.717, 1.165) is 30.8 Å². The quantitative estimate of drug-likeness (QED) is 0.885. The molecule has 106 valence electrons. The molecule has 3 rings (SSSR count). The van der Waals surface area contributed by atoms with Crippen LogP contribution in [0.5, 0.6) is 0 Å². The molecule has 0 aliphatic carbocycles. The molecule has 2 aromatic rings. The van der Waals surface area contributed by atoms with E-state index in [1.165, 1.54) is 16.7 Å². The van der Waals surface area contributed by atoms with Gasteiger partial charge in [-0.25, -0.2) is 0 Å². The summed E-state index contributed by atoms with van der Waals surface area (Å²) < 4.78 is 0. The summed E-state index contributed by atoms with van der Waals surface area (Å²) in [6.07, 6.45) is 4.19. The molecule has 0 fully saturated rings. The molecular weight excluding hydrogens is 256 g/mol. The van der Waals surface area contributed by atoms with E-state index < -0.39 is 0 Å². The van der Waals surface area contributed by atoms with Gasteiger partial charge in [-0.3, -0.25) is 4.99 Å². The minimum absolute atomic E-state index is 0.917. The molecule has 2 heteroatoms. The third-order valence-corrected chi connectivity index (χ3v) is 3.74. The van der Waals surface area contributed by atoms with Crippen molar-refractivity contribution in [3.63, 3.8) is 0 Å². The number of allylic oxidation sites excluding steroid dienone is 1. The van der Waals surface area contributed by atoms with E-state index >= 15 is 0 Å². The molecule has 0 amide bonds. The number of rotatable bonds is 5. The lowest BCUT2D eigenvalue weighted by Crippen LogP contribution is -2.10. The third-order valence-electron chi connectivity index (χ3n) is 3.74. The lowest BCUT2D eigenvalue weighted by Gasteiger charge is -2.05. The zero-order chi connectivity index (χ0) is 14.5. The maximum atomic E-state index is 4.81. The Labute approximate surface area is 126 Å². The molecule has 0 unspecified atom stereocenters. The summed E-state index contributed by atoms with van der Waals surface area (Å²) in [6.45, 7) is 1.00. The van der Waals surface area contributed by atoms with Crippen molar-refractivity contribution in [1.29, 1.82) is 0 Å². The minimum Gasteiger partial charge on any atom is -0.319 e. The average molecular weight is 276 g/mol. The zero-order valence-corrected chi connectivity index (χ0v) is 12.3. The van der Waals surface area contributed by atoms with Crippen molar-refractivity contribution in [2.75, 3.05) is 13.6 Å². The standard InChI is InChI=1S/C19H20N2/c1-20-13-12-15-6-5-9-17(14-15)19-11-10-18(21-19)16-7-3-2-4-8-16/h2-9,11,14,20H,10,12-13H2,1H3. The van der Waals surface area contributed by atoms with Crippen LogP contribution in [0.15, 0.2) is 65.7 Å². The van der Waals surface area contributed by atoms with Crippen LogP contribution in [0.2, 0.25) is 0 Å². The molecule has 0 spiro atoms. The maximum absolute atomic E-state index is 4.81. The number of benzene rings is 2. The molecule has 0 saturated heterocycles. The maximum Gasteiger partial charge on any atom is 0.0669 e. The molecule has 1 aliphatic rings. The Morgan fingerprint density at radius 3 is 2.62 bits per heavy atom. The van der Waals surface area contributed by atoms with Crippen LogP contribution in [-0.2, 0) is 6.42 Å². The van der Waals surface area contributed by atoms with Crippen LogP contribution in [0.1, 0.15) is 23.1 Å².